The lowest BCUT2D eigenvalue weighted by molar-refractivity contribution is -0.118. The Kier molecular flexibility index (Phi) is 6.05. The zero-order valence-electron chi connectivity index (χ0n) is 17.3. The molecule has 5 N–H and O–H groups in total. The molecular formula is C24H27FN4O2. The summed E-state index contributed by atoms with van der Waals surface area (Å²) >= 11 is 0. The molecule has 31 heavy (non-hydrogen) atoms. The lowest BCUT2D eigenvalue weighted by Gasteiger charge is -2.32. The van der Waals surface area contributed by atoms with Crippen LogP contribution in [0.15, 0.2) is 42.5 Å². The smallest absolute Gasteiger partial charge is 0.241 e. The molecule has 0 aromatic heterocycles. The second kappa shape index (κ2) is 8.75. The molecule has 1 aliphatic heterocycles. The predicted molar refractivity (Wildman–Crippen MR) is 116 cm³/mol. The van der Waals surface area contributed by atoms with Crippen molar-refractivity contribution >= 4 is 11.6 Å². The number of carbonyl (C=O) groups excluding carboxylic acids is 1. The van der Waals surface area contributed by atoms with Gasteiger partial charge in [-0.2, -0.15) is 5.26 Å². The van der Waals surface area contributed by atoms with Crippen molar-refractivity contribution in [3.8, 4) is 6.07 Å². The molecule has 1 heterocycles. The van der Waals surface area contributed by atoms with Crippen LogP contribution < -0.4 is 16.4 Å². The minimum Gasteiger partial charge on any atom is -0.392 e. The molecule has 1 unspecified atom stereocenters. The Morgan fingerprint density at radius 1 is 1.29 bits per heavy atom. The third-order valence-corrected chi connectivity index (χ3v) is 6.31. The highest BCUT2D eigenvalue weighted by molar-refractivity contribution is 5.95. The Labute approximate surface area is 181 Å². The highest BCUT2D eigenvalue weighted by Crippen LogP contribution is 2.40. The molecular weight excluding hydrogens is 395 g/mol. The maximum Gasteiger partial charge on any atom is 0.241 e. The fraction of sp³-hybridized carbons (Fsp3) is 0.417. The number of halogens is 1. The average Bonchev–Trinajstić information content (AvgIpc) is 3.51. The van der Waals surface area contributed by atoms with Gasteiger partial charge in [0.2, 0.25) is 5.91 Å². The average molecular weight is 423 g/mol. The second-order valence-electron chi connectivity index (χ2n) is 8.68. The Morgan fingerprint density at radius 3 is 2.74 bits per heavy atom. The van der Waals surface area contributed by atoms with E-state index in [1.54, 1.807) is 30.3 Å². The van der Waals surface area contributed by atoms with Crippen molar-refractivity contribution in [2.24, 2.45) is 11.7 Å². The SMILES string of the molecule is N#Cc1cccc(C(N)(CCC2CC2)c2ccc(F)c(NC(=O)[C@H]3C[C@@H](O)CN3)c2)c1. The zero-order valence-corrected chi connectivity index (χ0v) is 17.3. The quantitative estimate of drug-likeness (QED) is 0.548. The molecule has 0 bridgehead atoms. The Hall–Kier alpha value is -2.79. The van der Waals surface area contributed by atoms with Crippen LogP contribution in [0, 0.1) is 23.1 Å². The van der Waals surface area contributed by atoms with Gasteiger partial charge in [-0.25, -0.2) is 4.39 Å². The fourth-order valence-electron chi connectivity index (χ4n) is 4.20. The first-order chi connectivity index (χ1) is 14.9. The summed E-state index contributed by atoms with van der Waals surface area (Å²) in [6, 6.07) is 13.3. The van der Waals surface area contributed by atoms with E-state index in [1.807, 2.05) is 6.07 Å². The number of nitrogens with two attached hydrogens (primary N) is 1. The first kappa shape index (κ1) is 21.4. The molecule has 6 nitrogen and oxygen atoms in total. The van der Waals surface area contributed by atoms with Crippen molar-refractivity contribution in [1.82, 2.24) is 5.32 Å². The fourth-order valence-corrected chi connectivity index (χ4v) is 4.20. The van der Waals surface area contributed by atoms with Crippen LogP contribution in [-0.2, 0) is 10.3 Å². The summed E-state index contributed by atoms with van der Waals surface area (Å²) in [7, 11) is 0. The van der Waals surface area contributed by atoms with Crippen molar-refractivity contribution in [3.63, 3.8) is 0 Å². The molecule has 1 amide bonds. The van der Waals surface area contributed by atoms with E-state index in [4.69, 9.17) is 5.73 Å². The number of amides is 1. The largest absolute Gasteiger partial charge is 0.392 e. The van der Waals surface area contributed by atoms with Gasteiger partial charge in [-0.1, -0.05) is 31.0 Å². The highest BCUT2D eigenvalue weighted by Gasteiger charge is 2.34. The van der Waals surface area contributed by atoms with Crippen molar-refractivity contribution in [1.29, 1.82) is 5.26 Å². The van der Waals surface area contributed by atoms with E-state index in [1.165, 1.54) is 18.9 Å². The van der Waals surface area contributed by atoms with Gasteiger partial charge in [0.15, 0.2) is 0 Å². The maximum atomic E-state index is 14.6. The summed E-state index contributed by atoms with van der Waals surface area (Å²) in [6.07, 6.45) is 3.69. The number of aliphatic hydroxyl groups is 1. The normalized spacial score (nSPS) is 22.5. The van der Waals surface area contributed by atoms with E-state index in [0.717, 1.165) is 12.0 Å². The van der Waals surface area contributed by atoms with Gasteiger partial charge < -0.3 is 21.5 Å². The van der Waals surface area contributed by atoms with Crippen molar-refractivity contribution in [3.05, 3.63) is 65.0 Å². The second-order valence-corrected chi connectivity index (χ2v) is 8.68. The molecule has 0 radical (unpaired) electrons. The minimum absolute atomic E-state index is 0.0587. The van der Waals surface area contributed by atoms with Crippen LogP contribution in [0.5, 0.6) is 0 Å². The van der Waals surface area contributed by atoms with Gasteiger partial charge in [0, 0.05) is 6.54 Å². The van der Waals surface area contributed by atoms with Crippen molar-refractivity contribution in [2.75, 3.05) is 11.9 Å². The molecule has 2 aromatic carbocycles. The molecule has 4 rings (SSSR count). The lowest BCUT2D eigenvalue weighted by Crippen LogP contribution is -2.39. The number of hydrogen-bond donors (Lipinski definition) is 4. The Bertz CT molecular complexity index is 1020. The first-order valence-corrected chi connectivity index (χ1v) is 10.7. The van der Waals surface area contributed by atoms with E-state index < -0.39 is 23.5 Å². The van der Waals surface area contributed by atoms with Crippen LogP contribution in [0.2, 0.25) is 0 Å². The predicted octanol–water partition coefficient (Wildman–Crippen LogP) is 2.75. The summed E-state index contributed by atoms with van der Waals surface area (Å²) in [5, 5.41) is 24.5. The Balaban J connectivity index is 1.65. The summed E-state index contributed by atoms with van der Waals surface area (Å²) in [5.74, 6) is -0.285. The number of benzene rings is 2. The summed E-state index contributed by atoms with van der Waals surface area (Å²) in [5.41, 5.74) is 8.07. The van der Waals surface area contributed by atoms with E-state index in [2.05, 4.69) is 16.7 Å². The monoisotopic (exact) mass is 422 g/mol. The summed E-state index contributed by atoms with van der Waals surface area (Å²) in [4.78, 5) is 12.5. The van der Waals surface area contributed by atoms with Crippen LogP contribution in [-0.4, -0.2) is 29.7 Å². The number of rotatable bonds is 7. The van der Waals surface area contributed by atoms with E-state index in [-0.39, 0.29) is 18.0 Å². The van der Waals surface area contributed by atoms with Gasteiger partial charge >= 0.3 is 0 Å². The first-order valence-electron chi connectivity index (χ1n) is 10.7. The third kappa shape index (κ3) is 4.77. The van der Waals surface area contributed by atoms with Crippen LogP contribution in [0.3, 0.4) is 0 Å². The van der Waals surface area contributed by atoms with Gasteiger partial charge in [0.1, 0.15) is 5.82 Å². The molecule has 1 saturated heterocycles. The van der Waals surface area contributed by atoms with Crippen LogP contribution in [0.25, 0.3) is 0 Å². The molecule has 2 fully saturated rings. The number of anilines is 1. The van der Waals surface area contributed by atoms with E-state index >= 15 is 0 Å². The lowest BCUT2D eigenvalue weighted by atomic mass is 9.79. The summed E-state index contributed by atoms with van der Waals surface area (Å²) < 4.78 is 14.6. The van der Waals surface area contributed by atoms with Gasteiger partial charge in [0.25, 0.3) is 0 Å². The van der Waals surface area contributed by atoms with Gasteiger partial charge in [0.05, 0.1) is 35.0 Å². The zero-order chi connectivity index (χ0) is 22.0. The summed E-state index contributed by atoms with van der Waals surface area (Å²) in [6.45, 7) is 0.336. The molecule has 1 saturated carbocycles. The maximum absolute atomic E-state index is 14.6. The van der Waals surface area contributed by atoms with Gasteiger partial charge in [-0.3, -0.25) is 4.79 Å². The molecule has 3 atom stereocenters. The van der Waals surface area contributed by atoms with Crippen LogP contribution >= 0.6 is 0 Å². The molecule has 1 aliphatic carbocycles. The van der Waals surface area contributed by atoms with Crippen molar-refractivity contribution in [2.45, 2.75) is 49.8 Å². The number of carbonyl (C=O) groups is 1. The van der Waals surface area contributed by atoms with Gasteiger partial charge in [-0.15, -0.1) is 0 Å². The standard InChI is InChI=1S/C24H27FN4O2/c25-20-7-6-18(11-21(20)29-23(31)22-12-19(30)14-28-22)24(27,9-8-15-4-5-15)17-3-1-2-16(10-17)13-26/h1-3,6-7,10-11,15,19,22,28,30H,4-5,8-9,12,14,27H2,(H,29,31)/t19-,22-,24?/m1/s1. The van der Waals surface area contributed by atoms with E-state index in [9.17, 15) is 19.6 Å². The number of β-amino-alcohol motifs (C(OH)–C–C–N with tert-alkyl or cyclic N) is 1. The third-order valence-electron chi connectivity index (χ3n) is 6.31. The topological polar surface area (TPSA) is 111 Å². The van der Waals surface area contributed by atoms with Crippen LogP contribution in [0.1, 0.15) is 48.8 Å². The molecule has 2 aromatic rings. The van der Waals surface area contributed by atoms with Crippen LogP contribution in [0.4, 0.5) is 10.1 Å². The minimum atomic E-state index is -0.912. The molecule has 162 valence electrons. The Morgan fingerprint density at radius 2 is 2.06 bits per heavy atom. The highest BCUT2D eigenvalue weighted by atomic mass is 19.1. The number of aliphatic hydroxyl groups excluding tert-OH is 1. The molecule has 7 heteroatoms. The molecule has 2 aliphatic rings. The number of nitrogens with zero attached hydrogens (tertiary/aromatic N) is 1. The number of hydrogen-bond acceptors (Lipinski definition) is 5. The molecule has 0 spiro atoms. The van der Waals surface area contributed by atoms with Gasteiger partial charge in [-0.05, 0) is 60.6 Å². The van der Waals surface area contributed by atoms with E-state index in [0.29, 0.717) is 30.0 Å². The number of nitriles is 1. The number of nitrogens with one attached hydrogen (secondary N) is 2. The van der Waals surface area contributed by atoms with Crippen molar-refractivity contribution < 1.29 is 14.3 Å².